The molecule has 0 saturated carbocycles. The summed E-state index contributed by atoms with van der Waals surface area (Å²) in [6.45, 7) is 2.09. The van der Waals surface area contributed by atoms with Gasteiger partial charge in [0.1, 0.15) is 17.7 Å². The van der Waals surface area contributed by atoms with Crippen LogP contribution in [-0.2, 0) is 0 Å². The van der Waals surface area contributed by atoms with Crippen LogP contribution < -0.4 is 0 Å². The minimum Gasteiger partial charge on any atom is -0.366 e. The van der Waals surface area contributed by atoms with Crippen molar-refractivity contribution in [2.45, 2.75) is 19.3 Å². The van der Waals surface area contributed by atoms with E-state index in [2.05, 4.69) is 4.90 Å². The summed E-state index contributed by atoms with van der Waals surface area (Å²) in [5.74, 6) is 0. The van der Waals surface area contributed by atoms with Crippen LogP contribution in [0.3, 0.4) is 0 Å². The normalized spacial score (nSPS) is 14.9. The van der Waals surface area contributed by atoms with Gasteiger partial charge >= 0.3 is 0 Å². The molecule has 0 atom stereocenters. The molecule has 4 heteroatoms. The zero-order chi connectivity index (χ0) is 15.8. The van der Waals surface area contributed by atoms with Gasteiger partial charge in [-0.3, -0.25) is 0 Å². The van der Waals surface area contributed by atoms with E-state index in [1.807, 2.05) is 54.8 Å². The Labute approximate surface area is 136 Å². The van der Waals surface area contributed by atoms with E-state index in [-0.39, 0.29) is 5.57 Å². The maximum atomic E-state index is 9.27. The quantitative estimate of drug-likeness (QED) is 0.618. The molecule has 1 fully saturated rings. The number of nitrogens with zero attached hydrogens (tertiary/aromatic N) is 3. The molecule has 0 bridgehead atoms. The molecule has 1 heterocycles. The van der Waals surface area contributed by atoms with Gasteiger partial charge in [0.25, 0.3) is 0 Å². The molecule has 3 nitrogen and oxygen atoms in total. The van der Waals surface area contributed by atoms with Gasteiger partial charge in [0.15, 0.2) is 0 Å². The third-order valence-electron chi connectivity index (χ3n) is 3.72. The number of benzene rings is 1. The second kappa shape index (κ2) is 8.32. The molecule has 112 valence electrons. The summed E-state index contributed by atoms with van der Waals surface area (Å²) < 4.78 is 0. The third-order valence-corrected chi connectivity index (χ3v) is 4.52. The molecular weight excluding hydrogens is 290 g/mol. The molecule has 0 aromatic heterocycles. The lowest BCUT2D eigenvalue weighted by Crippen LogP contribution is -2.27. The number of rotatable bonds is 4. The van der Waals surface area contributed by atoms with Crippen molar-refractivity contribution < 1.29 is 0 Å². The highest BCUT2D eigenvalue weighted by molar-refractivity contribution is 8.02. The molecular formula is C18H19N3S. The van der Waals surface area contributed by atoms with Crippen LogP contribution in [0.15, 0.2) is 47.0 Å². The Morgan fingerprint density at radius 1 is 1.09 bits per heavy atom. The maximum absolute atomic E-state index is 9.27. The highest BCUT2D eigenvalue weighted by Crippen LogP contribution is 2.28. The van der Waals surface area contributed by atoms with Gasteiger partial charge in [-0.2, -0.15) is 10.5 Å². The van der Waals surface area contributed by atoms with Crippen LogP contribution in [0.1, 0.15) is 24.8 Å². The first-order valence-corrected chi connectivity index (χ1v) is 8.63. The molecule has 0 radical (unpaired) electrons. The Balaban J connectivity index is 2.46. The molecule has 1 aromatic rings. The second-order valence-corrected chi connectivity index (χ2v) is 5.94. The summed E-state index contributed by atoms with van der Waals surface area (Å²) in [7, 11) is 0. The topological polar surface area (TPSA) is 50.8 Å². The Morgan fingerprint density at radius 2 is 1.73 bits per heavy atom. The lowest BCUT2D eigenvalue weighted by atomic mass is 10.0. The van der Waals surface area contributed by atoms with Gasteiger partial charge < -0.3 is 4.90 Å². The number of likely N-dealkylation sites (tertiary alicyclic amines) is 1. The van der Waals surface area contributed by atoms with Crippen molar-refractivity contribution >= 4 is 17.3 Å². The van der Waals surface area contributed by atoms with Gasteiger partial charge in [-0.25, -0.2) is 0 Å². The van der Waals surface area contributed by atoms with Crippen molar-refractivity contribution in [2.75, 3.05) is 19.3 Å². The summed E-state index contributed by atoms with van der Waals surface area (Å²) >= 11 is 1.67. The number of piperidine rings is 1. The van der Waals surface area contributed by atoms with E-state index in [1.165, 1.54) is 19.3 Å². The Hall–Kier alpha value is -2.17. The molecule has 0 aliphatic carbocycles. The van der Waals surface area contributed by atoms with Crippen LogP contribution >= 0.6 is 11.8 Å². The first kappa shape index (κ1) is 16.2. The van der Waals surface area contributed by atoms with Crippen molar-refractivity contribution in [3.05, 3.63) is 52.6 Å². The van der Waals surface area contributed by atoms with Crippen LogP contribution in [-0.4, -0.2) is 24.2 Å². The van der Waals surface area contributed by atoms with Gasteiger partial charge in [0.05, 0.1) is 5.03 Å². The van der Waals surface area contributed by atoms with Crippen molar-refractivity contribution in [3.63, 3.8) is 0 Å². The van der Waals surface area contributed by atoms with Crippen molar-refractivity contribution in [1.82, 2.24) is 4.90 Å². The zero-order valence-electron chi connectivity index (χ0n) is 12.7. The minimum atomic E-state index is 0.162. The van der Waals surface area contributed by atoms with Gasteiger partial charge in [-0.1, -0.05) is 30.3 Å². The van der Waals surface area contributed by atoms with Crippen molar-refractivity contribution in [3.8, 4) is 12.1 Å². The molecule has 2 rings (SSSR count). The number of hydrogen-bond donors (Lipinski definition) is 0. The summed E-state index contributed by atoms with van der Waals surface area (Å²) in [5, 5.41) is 19.7. The van der Waals surface area contributed by atoms with E-state index >= 15 is 0 Å². The fourth-order valence-corrected chi connectivity index (χ4v) is 3.26. The average Bonchev–Trinajstić information content (AvgIpc) is 2.60. The SMILES string of the molecule is CS/C(=C/C(=C(C#N)C#N)c1ccccc1)N1CCCCC1. The molecule has 0 spiro atoms. The van der Waals surface area contributed by atoms with Crippen LogP contribution in [0.25, 0.3) is 5.57 Å². The molecule has 1 aliphatic heterocycles. The monoisotopic (exact) mass is 309 g/mol. The fraction of sp³-hybridized carbons (Fsp3) is 0.333. The fourth-order valence-electron chi connectivity index (χ4n) is 2.58. The largest absolute Gasteiger partial charge is 0.366 e. The summed E-state index contributed by atoms with van der Waals surface area (Å²) in [5.41, 5.74) is 1.78. The zero-order valence-corrected chi connectivity index (χ0v) is 13.6. The van der Waals surface area contributed by atoms with Gasteiger partial charge in [-0.15, -0.1) is 11.8 Å². The van der Waals surface area contributed by atoms with E-state index in [9.17, 15) is 10.5 Å². The molecule has 22 heavy (non-hydrogen) atoms. The molecule has 0 unspecified atom stereocenters. The van der Waals surface area contributed by atoms with Crippen LogP contribution in [0, 0.1) is 22.7 Å². The predicted molar refractivity (Wildman–Crippen MR) is 91.6 cm³/mol. The number of nitriles is 2. The number of hydrogen-bond acceptors (Lipinski definition) is 4. The maximum Gasteiger partial charge on any atom is 0.137 e. The Bertz CT molecular complexity index is 625. The molecule has 0 N–H and O–H groups in total. The van der Waals surface area contributed by atoms with E-state index in [4.69, 9.17) is 0 Å². The van der Waals surface area contributed by atoms with Crippen LogP contribution in [0.5, 0.6) is 0 Å². The van der Waals surface area contributed by atoms with Crippen LogP contribution in [0.4, 0.5) is 0 Å². The van der Waals surface area contributed by atoms with Crippen molar-refractivity contribution in [2.24, 2.45) is 0 Å². The van der Waals surface area contributed by atoms with Crippen molar-refractivity contribution in [1.29, 1.82) is 10.5 Å². The van der Waals surface area contributed by atoms with E-state index in [0.29, 0.717) is 5.57 Å². The van der Waals surface area contributed by atoms with Gasteiger partial charge in [0.2, 0.25) is 0 Å². The lowest BCUT2D eigenvalue weighted by Gasteiger charge is -2.30. The van der Waals surface area contributed by atoms with Crippen LogP contribution in [0.2, 0.25) is 0 Å². The van der Waals surface area contributed by atoms with E-state index in [1.54, 1.807) is 11.8 Å². The molecule has 1 aromatic carbocycles. The summed E-state index contributed by atoms with van der Waals surface area (Å²) in [6, 6.07) is 13.7. The lowest BCUT2D eigenvalue weighted by molar-refractivity contribution is 0.303. The molecule has 1 saturated heterocycles. The minimum absolute atomic E-state index is 0.162. The highest BCUT2D eigenvalue weighted by atomic mass is 32.2. The van der Waals surface area contributed by atoms with Gasteiger partial charge in [0, 0.05) is 18.7 Å². The smallest absolute Gasteiger partial charge is 0.137 e. The molecule has 1 aliphatic rings. The van der Waals surface area contributed by atoms with Gasteiger partial charge in [-0.05, 0) is 37.2 Å². The standard InChI is InChI=1S/C18H19N3S/c1-22-18(21-10-6-3-7-11-21)12-17(16(13-19)14-20)15-8-4-2-5-9-15/h2,4-5,8-9,12H,3,6-7,10-11H2,1H3/b18-12+. The summed E-state index contributed by atoms with van der Waals surface area (Å²) in [6.07, 6.45) is 7.72. The average molecular weight is 309 g/mol. The first-order valence-electron chi connectivity index (χ1n) is 7.40. The number of allylic oxidation sites excluding steroid dienone is 3. The number of thioether (sulfide) groups is 1. The second-order valence-electron chi connectivity index (χ2n) is 5.11. The predicted octanol–water partition coefficient (Wildman–Crippen LogP) is 4.18. The highest BCUT2D eigenvalue weighted by Gasteiger charge is 2.15. The Kier molecular flexibility index (Phi) is 6.13. The summed E-state index contributed by atoms with van der Waals surface area (Å²) in [4.78, 5) is 2.35. The Morgan fingerprint density at radius 3 is 2.27 bits per heavy atom. The third kappa shape index (κ3) is 3.93. The van der Waals surface area contributed by atoms with E-state index in [0.717, 1.165) is 23.7 Å². The van der Waals surface area contributed by atoms with E-state index < -0.39 is 0 Å². The first-order chi connectivity index (χ1) is 10.8. The molecule has 0 amide bonds.